The number of nitrogens with zero attached hydrogens (tertiary/aromatic N) is 2. The van der Waals surface area contributed by atoms with Crippen molar-refractivity contribution in [2.45, 2.75) is 0 Å². The first kappa shape index (κ1) is 9.21. The first-order valence-corrected chi connectivity index (χ1v) is 4.74. The van der Waals surface area contributed by atoms with E-state index in [1.807, 2.05) is 18.2 Å². The number of fused-ring (bicyclic) bond motifs is 1. The molecule has 2 rings (SSSR count). The maximum absolute atomic E-state index is 11.4. The largest absolute Gasteiger partial charge is 0.465 e. The van der Waals surface area contributed by atoms with Crippen LogP contribution in [0.1, 0.15) is 10.4 Å². The van der Waals surface area contributed by atoms with Gasteiger partial charge in [0.25, 0.3) is 0 Å². The standard InChI is InChI=1S/C9H7BrN2O2/c1-14-9(13)7-6-4-2-3-5-12(6)11-8(7)10/h2-5H,1H3. The topological polar surface area (TPSA) is 43.6 Å². The van der Waals surface area contributed by atoms with Crippen LogP contribution in [0.15, 0.2) is 29.0 Å². The van der Waals surface area contributed by atoms with E-state index in [0.717, 1.165) is 5.52 Å². The van der Waals surface area contributed by atoms with E-state index in [2.05, 4.69) is 25.8 Å². The Hall–Kier alpha value is -1.36. The van der Waals surface area contributed by atoms with Crippen molar-refractivity contribution in [1.82, 2.24) is 9.61 Å². The maximum atomic E-state index is 11.4. The second-order valence-corrected chi connectivity index (χ2v) is 3.44. The van der Waals surface area contributed by atoms with Gasteiger partial charge in [-0.05, 0) is 28.1 Å². The predicted octanol–water partition coefficient (Wildman–Crippen LogP) is 1.88. The van der Waals surface area contributed by atoms with Crippen molar-refractivity contribution in [3.05, 3.63) is 34.6 Å². The predicted molar refractivity (Wildman–Crippen MR) is 54.2 cm³/mol. The van der Waals surface area contributed by atoms with Crippen LogP contribution in [0.25, 0.3) is 5.52 Å². The average molecular weight is 255 g/mol. The first-order chi connectivity index (χ1) is 6.74. The van der Waals surface area contributed by atoms with E-state index in [0.29, 0.717) is 10.2 Å². The van der Waals surface area contributed by atoms with Crippen LogP contribution in [-0.4, -0.2) is 22.7 Å². The zero-order valence-electron chi connectivity index (χ0n) is 7.40. The van der Waals surface area contributed by atoms with Gasteiger partial charge in [-0.25, -0.2) is 9.31 Å². The molecular weight excluding hydrogens is 248 g/mol. The maximum Gasteiger partial charge on any atom is 0.342 e. The summed E-state index contributed by atoms with van der Waals surface area (Å²) in [6.07, 6.45) is 1.77. The number of esters is 1. The summed E-state index contributed by atoms with van der Waals surface area (Å²) in [6, 6.07) is 5.49. The molecule has 2 aromatic rings. The third-order valence-electron chi connectivity index (χ3n) is 1.89. The van der Waals surface area contributed by atoms with Crippen LogP contribution in [0.2, 0.25) is 0 Å². The van der Waals surface area contributed by atoms with Crippen LogP contribution in [-0.2, 0) is 4.74 Å². The van der Waals surface area contributed by atoms with E-state index < -0.39 is 5.97 Å². The fraction of sp³-hybridized carbons (Fsp3) is 0.111. The highest BCUT2D eigenvalue weighted by Crippen LogP contribution is 2.21. The van der Waals surface area contributed by atoms with Gasteiger partial charge in [-0.3, -0.25) is 0 Å². The highest BCUT2D eigenvalue weighted by Gasteiger charge is 2.17. The molecule has 0 bridgehead atoms. The van der Waals surface area contributed by atoms with Crippen molar-refractivity contribution in [3.63, 3.8) is 0 Å². The summed E-state index contributed by atoms with van der Waals surface area (Å²) in [5.41, 5.74) is 1.18. The van der Waals surface area contributed by atoms with Crippen LogP contribution in [0, 0.1) is 0 Å². The Morgan fingerprint density at radius 3 is 3.07 bits per heavy atom. The molecule has 4 nitrogen and oxygen atoms in total. The fourth-order valence-electron chi connectivity index (χ4n) is 1.26. The number of hydrogen-bond donors (Lipinski definition) is 0. The Morgan fingerprint density at radius 1 is 1.57 bits per heavy atom. The normalized spacial score (nSPS) is 10.4. The molecule has 0 N–H and O–H groups in total. The van der Waals surface area contributed by atoms with Gasteiger partial charge in [0.2, 0.25) is 0 Å². The molecule has 2 aromatic heterocycles. The number of rotatable bonds is 1. The van der Waals surface area contributed by atoms with Crippen molar-refractivity contribution in [3.8, 4) is 0 Å². The minimum Gasteiger partial charge on any atom is -0.465 e. The van der Waals surface area contributed by atoms with Gasteiger partial charge in [-0.1, -0.05) is 6.07 Å². The minimum atomic E-state index is -0.391. The van der Waals surface area contributed by atoms with Gasteiger partial charge in [0, 0.05) is 6.20 Å². The number of carbonyl (C=O) groups is 1. The molecule has 0 atom stereocenters. The summed E-state index contributed by atoms with van der Waals surface area (Å²) < 4.78 is 6.78. The zero-order valence-corrected chi connectivity index (χ0v) is 8.98. The number of ether oxygens (including phenoxy) is 1. The van der Waals surface area contributed by atoms with Gasteiger partial charge >= 0.3 is 5.97 Å². The molecule has 0 saturated carbocycles. The molecule has 5 heteroatoms. The molecule has 0 radical (unpaired) electrons. The molecule has 14 heavy (non-hydrogen) atoms. The smallest absolute Gasteiger partial charge is 0.342 e. The molecule has 0 saturated heterocycles. The van der Waals surface area contributed by atoms with E-state index in [1.165, 1.54) is 7.11 Å². The third-order valence-corrected chi connectivity index (χ3v) is 2.44. The molecule has 0 aromatic carbocycles. The second-order valence-electron chi connectivity index (χ2n) is 2.69. The van der Waals surface area contributed by atoms with E-state index >= 15 is 0 Å². The monoisotopic (exact) mass is 254 g/mol. The molecule has 0 aliphatic heterocycles. The van der Waals surface area contributed by atoms with Crippen molar-refractivity contribution in [2.24, 2.45) is 0 Å². The van der Waals surface area contributed by atoms with Gasteiger partial charge in [-0.2, -0.15) is 5.10 Å². The first-order valence-electron chi connectivity index (χ1n) is 3.95. The van der Waals surface area contributed by atoms with Crippen molar-refractivity contribution in [2.75, 3.05) is 7.11 Å². The number of aromatic nitrogens is 2. The van der Waals surface area contributed by atoms with Crippen LogP contribution in [0.4, 0.5) is 0 Å². The Morgan fingerprint density at radius 2 is 2.36 bits per heavy atom. The highest BCUT2D eigenvalue weighted by atomic mass is 79.9. The van der Waals surface area contributed by atoms with Crippen LogP contribution >= 0.6 is 15.9 Å². The van der Waals surface area contributed by atoms with Crippen LogP contribution in [0.3, 0.4) is 0 Å². The van der Waals surface area contributed by atoms with Gasteiger partial charge in [-0.15, -0.1) is 0 Å². The highest BCUT2D eigenvalue weighted by molar-refractivity contribution is 9.10. The third kappa shape index (κ3) is 1.29. The molecule has 0 amide bonds. The quantitative estimate of drug-likeness (QED) is 0.731. The summed E-state index contributed by atoms with van der Waals surface area (Å²) in [5, 5.41) is 4.11. The van der Waals surface area contributed by atoms with Crippen LogP contribution in [0.5, 0.6) is 0 Å². The molecule has 0 aliphatic rings. The Balaban J connectivity index is 2.74. The van der Waals surface area contributed by atoms with Crippen molar-refractivity contribution >= 4 is 27.4 Å². The van der Waals surface area contributed by atoms with Gasteiger partial charge in [0.1, 0.15) is 10.2 Å². The summed E-state index contributed by atoms with van der Waals surface area (Å²) in [7, 11) is 1.35. The average Bonchev–Trinajstić information content (AvgIpc) is 2.53. The molecule has 0 aliphatic carbocycles. The Bertz CT molecular complexity index is 493. The fourth-order valence-corrected chi connectivity index (χ4v) is 1.80. The summed E-state index contributed by atoms with van der Waals surface area (Å²) in [5.74, 6) is -0.391. The Kier molecular flexibility index (Phi) is 2.25. The van der Waals surface area contributed by atoms with E-state index in [1.54, 1.807) is 10.7 Å². The molecule has 72 valence electrons. The lowest BCUT2D eigenvalue weighted by molar-refractivity contribution is 0.0602. The van der Waals surface area contributed by atoms with Crippen molar-refractivity contribution < 1.29 is 9.53 Å². The molecule has 0 spiro atoms. The van der Waals surface area contributed by atoms with Crippen molar-refractivity contribution in [1.29, 1.82) is 0 Å². The Labute approximate surface area is 88.6 Å². The SMILES string of the molecule is COC(=O)c1c(Br)nn2ccccc12. The second kappa shape index (κ2) is 3.42. The lowest BCUT2D eigenvalue weighted by Crippen LogP contribution is -2.01. The van der Waals surface area contributed by atoms with E-state index in [-0.39, 0.29) is 0 Å². The molecular formula is C9H7BrN2O2. The number of halogens is 1. The van der Waals surface area contributed by atoms with Gasteiger partial charge in [0.15, 0.2) is 0 Å². The molecule has 2 heterocycles. The molecule has 0 unspecified atom stereocenters. The van der Waals surface area contributed by atoms with Gasteiger partial charge in [0.05, 0.1) is 12.6 Å². The number of methoxy groups -OCH3 is 1. The summed E-state index contributed by atoms with van der Waals surface area (Å²) in [4.78, 5) is 11.4. The number of carbonyl (C=O) groups excluding carboxylic acids is 1. The summed E-state index contributed by atoms with van der Waals surface area (Å²) in [6.45, 7) is 0. The lowest BCUT2D eigenvalue weighted by atomic mass is 10.3. The van der Waals surface area contributed by atoms with Gasteiger partial charge < -0.3 is 4.74 Å². The minimum absolute atomic E-state index is 0.391. The number of hydrogen-bond acceptors (Lipinski definition) is 3. The summed E-state index contributed by atoms with van der Waals surface area (Å²) >= 11 is 3.22. The van der Waals surface area contributed by atoms with E-state index in [4.69, 9.17) is 0 Å². The number of pyridine rings is 1. The molecule has 0 fully saturated rings. The van der Waals surface area contributed by atoms with Crippen LogP contribution < -0.4 is 0 Å². The lowest BCUT2D eigenvalue weighted by Gasteiger charge is -1.96. The zero-order chi connectivity index (χ0) is 10.1. The van der Waals surface area contributed by atoms with E-state index in [9.17, 15) is 4.79 Å².